The van der Waals surface area contributed by atoms with Crippen molar-refractivity contribution in [2.45, 2.75) is 26.7 Å². The van der Waals surface area contributed by atoms with Crippen molar-refractivity contribution >= 4 is 27.3 Å². The molecule has 0 amide bonds. The lowest BCUT2D eigenvalue weighted by Gasteiger charge is -2.07. The topological polar surface area (TPSA) is 70.5 Å². The smallest absolute Gasteiger partial charge is 0.146 e. The maximum absolute atomic E-state index is 5.80. The molecule has 0 saturated carbocycles. The molecule has 2 aliphatic rings. The SMILES string of the molecule is Cc1cc(N)c2c(c1)CCO2.Cc1cc(N)c2c(c1Br)CCO2. The second-order valence-corrected chi connectivity index (χ2v) is 6.74. The van der Waals surface area contributed by atoms with Crippen LogP contribution in [-0.4, -0.2) is 13.2 Å². The van der Waals surface area contributed by atoms with Gasteiger partial charge in [0.2, 0.25) is 0 Å². The molecule has 4 N–H and O–H groups in total. The van der Waals surface area contributed by atoms with E-state index in [1.54, 1.807) is 0 Å². The van der Waals surface area contributed by atoms with Gasteiger partial charge in [0, 0.05) is 22.9 Å². The standard InChI is InChI=1S/C9H10BrNO.C9H11NO/c1-5-4-7(11)9-6(8(5)10)2-3-12-9;1-6-4-7-2-3-11-9(7)8(10)5-6/h4H,2-3,11H2,1H3;4-5H,2-3,10H2,1H3. The van der Waals surface area contributed by atoms with Crippen LogP contribution < -0.4 is 20.9 Å². The molecule has 0 aliphatic carbocycles. The maximum Gasteiger partial charge on any atom is 0.146 e. The highest BCUT2D eigenvalue weighted by Crippen LogP contribution is 2.39. The van der Waals surface area contributed by atoms with Crippen LogP contribution in [0.25, 0.3) is 0 Å². The summed E-state index contributed by atoms with van der Waals surface area (Å²) < 4.78 is 11.9. The Labute approximate surface area is 144 Å². The molecule has 0 unspecified atom stereocenters. The first kappa shape index (κ1) is 16.0. The summed E-state index contributed by atoms with van der Waals surface area (Å²) in [6.45, 7) is 5.62. The van der Waals surface area contributed by atoms with E-state index in [1.807, 2.05) is 19.1 Å². The minimum Gasteiger partial charge on any atom is -0.491 e. The zero-order valence-corrected chi connectivity index (χ0v) is 15.0. The third-order valence-electron chi connectivity index (χ3n) is 4.07. The summed E-state index contributed by atoms with van der Waals surface area (Å²) >= 11 is 3.53. The Morgan fingerprint density at radius 1 is 0.913 bits per heavy atom. The van der Waals surface area contributed by atoms with E-state index in [0.29, 0.717) is 0 Å². The first-order valence-corrected chi connectivity index (χ1v) is 8.48. The quantitative estimate of drug-likeness (QED) is 0.686. The summed E-state index contributed by atoms with van der Waals surface area (Å²) in [5.74, 6) is 1.77. The summed E-state index contributed by atoms with van der Waals surface area (Å²) in [4.78, 5) is 0. The number of aryl methyl sites for hydroxylation is 2. The molecule has 0 aromatic heterocycles. The monoisotopic (exact) mass is 376 g/mol. The minimum absolute atomic E-state index is 0.752. The molecule has 0 atom stereocenters. The van der Waals surface area contributed by atoms with Crippen molar-refractivity contribution in [3.8, 4) is 11.5 Å². The van der Waals surface area contributed by atoms with Crippen LogP contribution in [0.2, 0.25) is 0 Å². The molecule has 2 heterocycles. The third kappa shape index (κ3) is 3.11. The number of hydrogen-bond acceptors (Lipinski definition) is 4. The van der Waals surface area contributed by atoms with Gasteiger partial charge in [-0.1, -0.05) is 22.0 Å². The molecule has 2 aromatic rings. The maximum atomic E-state index is 5.80. The number of fused-ring (bicyclic) bond motifs is 2. The normalized spacial score (nSPS) is 14.2. The number of nitrogens with two attached hydrogens (primary N) is 2. The average Bonchev–Trinajstić information content (AvgIpc) is 3.14. The van der Waals surface area contributed by atoms with Crippen LogP contribution in [-0.2, 0) is 12.8 Å². The number of benzene rings is 2. The van der Waals surface area contributed by atoms with Crippen molar-refractivity contribution in [1.29, 1.82) is 0 Å². The van der Waals surface area contributed by atoms with Crippen LogP contribution >= 0.6 is 15.9 Å². The Bertz CT molecular complexity index is 759. The molecule has 4 nitrogen and oxygen atoms in total. The summed E-state index contributed by atoms with van der Waals surface area (Å²) in [5.41, 5.74) is 17.9. The van der Waals surface area contributed by atoms with Gasteiger partial charge in [-0.2, -0.15) is 0 Å². The Morgan fingerprint density at radius 2 is 1.57 bits per heavy atom. The van der Waals surface area contributed by atoms with Crippen molar-refractivity contribution in [2.75, 3.05) is 24.7 Å². The highest BCUT2D eigenvalue weighted by molar-refractivity contribution is 9.10. The molecule has 23 heavy (non-hydrogen) atoms. The molecular formula is C18H21BrN2O2. The highest BCUT2D eigenvalue weighted by Gasteiger charge is 2.19. The predicted octanol–water partition coefficient (Wildman–Crippen LogP) is 3.79. The Morgan fingerprint density at radius 3 is 2.35 bits per heavy atom. The Hall–Kier alpha value is -1.88. The number of rotatable bonds is 0. The molecule has 0 saturated heterocycles. The van der Waals surface area contributed by atoms with Gasteiger partial charge in [0.1, 0.15) is 11.5 Å². The van der Waals surface area contributed by atoms with Crippen molar-refractivity contribution in [3.05, 3.63) is 44.9 Å². The van der Waals surface area contributed by atoms with Crippen LogP contribution in [0.1, 0.15) is 22.3 Å². The zero-order valence-electron chi connectivity index (χ0n) is 13.4. The van der Waals surface area contributed by atoms with Crippen LogP contribution in [0.3, 0.4) is 0 Å². The summed E-state index contributed by atoms with van der Waals surface area (Å²) in [6, 6.07) is 6.02. The van der Waals surface area contributed by atoms with Crippen molar-refractivity contribution in [3.63, 3.8) is 0 Å². The van der Waals surface area contributed by atoms with E-state index in [0.717, 1.165) is 53.4 Å². The molecule has 0 fully saturated rings. The van der Waals surface area contributed by atoms with Gasteiger partial charge in [-0.15, -0.1) is 0 Å². The molecule has 2 aromatic carbocycles. The fourth-order valence-electron chi connectivity index (χ4n) is 3.03. The lowest BCUT2D eigenvalue weighted by molar-refractivity contribution is 0.358. The number of hydrogen-bond donors (Lipinski definition) is 2. The van der Waals surface area contributed by atoms with Crippen LogP contribution in [0.5, 0.6) is 11.5 Å². The molecule has 2 aliphatic heterocycles. The Kier molecular flexibility index (Phi) is 4.39. The van der Waals surface area contributed by atoms with Crippen molar-refractivity contribution in [1.82, 2.24) is 0 Å². The molecule has 4 rings (SSSR count). The lowest BCUT2D eigenvalue weighted by atomic mass is 10.1. The fourth-order valence-corrected chi connectivity index (χ4v) is 3.52. The second kappa shape index (κ2) is 6.32. The van der Waals surface area contributed by atoms with Gasteiger partial charge in [-0.05, 0) is 42.7 Å². The van der Waals surface area contributed by atoms with E-state index >= 15 is 0 Å². The molecular weight excluding hydrogens is 356 g/mol. The molecule has 0 radical (unpaired) electrons. The average molecular weight is 377 g/mol. The van der Waals surface area contributed by atoms with Crippen LogP contribution in [0.4, 0.5) is 11.4 Å². The zero-order chi connectivity index (χ0) is 16.6. The first-order chi connectivity index (χ1) is 11.0. The number of ether oxygens (including phenoxy) is 2. The molecule has 0 bridgehead atoms. The summed E-state index contributed by atoms with van der Waals surface area (Å²) in [7, 11) is 0. The van der Waals surface area contributed by atoms with E-state index in [2.05, 4.69) is 28.9 Å². The van der Waals surface area contributed by atoms with Gasteiger partial charge in [0.05, 0.1) is 24.6 Å². The van der Waals surface area contributed by atoms with Gasteiger partial charge in [0.25, 0.3) is 0 Å². The van der Waals surface area contributed by atoms with Gasteiger partial charge in [-0.25, -0.2) is 0 Å². The van der Waals surface area contributed by atoms with E-state index < -0.39 is 0 Å². The number of nitrogen functional groups attached to an aromatic ring is 2. The summed E-state index contributed by atoms with van der Waals surface area (Å²) in [5, 5.41) is 0. The molecule has 5 heteroatoms. The van der Waals surface area contributed by atoms with Crippen LogP contribution in [0.15, 0.2) is 22.7 Å². The number of halogens is 1. The first-order valence-electron chi connectivity index (χ1n) is 7.69. The van der Waals surface area contributed by atoms with E-state index in [9.17, 15) is 0 Å². The third-order valence-corrected chi connectivity index (χ3v) is 5.18. The second-order valence-electron chi connectivity index (χ2n) is 5.94. The van der Waals surface area contributed by atoms with Gasteiger partial charge < -0.3 is 20.9 Å². The minimum atomic E-state index is 0.752. The Balaban J connectivity index is 0.000000136. The lowest BCUT2D eigenvalue weighted by Crippen LogP contribution is -1.93. The van der Waals surface area contributed by atoms with E-state index in [-0.39, 0.29) is 0 Å². The highest BCUT2D eigenvalue weighted by atomic mass is 79.9. The van der Waals surface area contributed by atoms with E-state index in [4.69, 9.17) is 20.9 Å². The van der Waals surface area contributed by atoms with Crippen molar-refractivity contribution in [2.24, 2.45) is 0 Å². The molecule has 122 valence electrons. The van der Waals surface area contributed by atoms with E-state index in [1.165, 1.54) is 22.3 Å². The predicted molar refractivity (Wildman–Crippen MR) is 97.3 cm³/mol. The van der Waals surface area contributed by atoms with Crippen LogP contribution in [0, 0.1) is 13.8 Å². The number of anilines is 2. The van der Waals surface area contributed by atoms with Gasteiger partial charge in [-0.3, -0.25) is 0 Å². The van der Waals surface area contributed by atoms with Gasteiger partial charge >= 0.3 is 0 Å². The fraction of sp³-hybridized carbons (Fsp3) is 0.333. The molecule has 0 spiro atoms. The van der Waals surface area contributed by atoms with Gasteiger partial charge in [0.15, 0.2) is 0 Å². The summed E-state index contributed by atoms with van der Waals surface area (Å²) in [6.07, 6.45) is 1.96. The van der Waals surface area contributed by atoms with Crippen molar-refractivity contribution < 1.29 is 9.47 Å². The largest absolute Gasteiger partial charge is 0.491 e.